The molecule has 0 fully saturated rings. The van der Waals surface area contributed by atoms with Crippen LogP contribution in [0.15, 0.2) is 36.5 Å². The van der Waals surface area contributed by atoms with Crippen LogP contribution in [0.25, 0.3) is 21.0 Å². The molecule has 28 heavy (non-hydrogen) atoms. The molecule has 0 spiro atoms. The summed E-state index contributed by atoms with van der Waals surface area (Å²) in [6.45, 7) is 2.42. The highest BCUT2D eigenvalue weighted by molar-refractivity contribution is 7.18. The zero-order chi connectivity index (χ0) is 19.7. The van der Waals surface area contributed by atoms with Gasteiger partial charge in [-0.05, 0) is 72.6 Å². The normalized spacial score (nSPS) is 15.3. The average Bonchev–Trinajstić information content (AvgIpc) is 3.36. The molecule has 0 aliphatic heterocycles. The largest absolute Gasteiger partial charge is 0.495 e. The number of aliphatic hydroxyl groups excluding tert-OH is 1. The number of rotatable bonds is 5. The van der Waals surface area contributed by atoms with E-state index in [1.807, 2.05) is 24.4 Å². The summed E-state index contributed by atoms with van der Waals surface area (Å²) in [5.41, 5.74) is 6.78. The SMILES string of the molecule is COc1ccc(-c2cnc(-c3ccc4c(c3C)CCC4CCO)s2)cc1C#N. The van der Waals surface area contributed by atoms with Gasteiger partial charge < -0.3 is 9.84 Å². The Kier molecular flexibility index (Phi) is 5.17. The van der Waals surface area contributed by atoms with Crippen molar-refractivity contribution in [3.63, 3.8) is 0 Å². The Hall–Kier alpha value is -2.68. The summed E-state index contributed by atoms with van der Waals surface area (Å²) in [6, 6.07) is 12.2. The molecule has 1 heterocycles. The lowest BCUT2D eigenvalue weighted by atomic mass is 9.94. The summed E-state index contributed by atoms with van der Waals surface area (Å²) in [4.78, 5) is 5.70. The van der Waals surface area contributed by atoms with Crippen molar-refractivity contribution in [2.75, 3.05) is 13.7 Å². The number of fused-ring (bicyclic) bond motifs is 1. The highest BCUT2D eigenvalue weighted by Crippen LogP contribution is 2.42. The lowest BCUT2D eigenvalue weighted by Crippen LogP contribution is -1.98. The summed E-state index contributed by atoms with van der Waals surface area (Å²) < 4.78 is 5.24. The van der Waals surface area contributed by atoms with Gasteiger partial charge in [0.15, 0.2) is 0 Å². The van der Waals surface area contributed by atoms with Crippen molar-refractivity contribution in [2.24, 2.45) is 0 Å². The van der Waals surface area contributed by atoms with Crippen LogP contribution in [0, 0.1) is 18.3 Å². The number of hydrogen-bond donors (Lipinski definition) is 1. The fraction of sp³-hybridized carbons (Fsp3) is 0.304. The first-order valence-electron chi connectivity index (χ1n) is 9.44. The quantitative estimate of drug-likeness (QED) is 0.660. The molecule has 1 unspecified atom stereocenters. The first kappa shape index (κ1) is 18.7. The second-order valence-electron chi connectivity index (χ2n) is 7.11. The third kappa shape index (κ3) is 3.19. The van der Waals surface area contributed by atoms with Crippen LogP contribution >= 0.6 is 11.3 Å². The van der Waals surface area contributed by atoms with Crippen LogP contribution in [0.2, 0.25) is 0 Å². The molecule has 1 aromatic heterocycles. The van der Waals surface area contributed by atoms with Gasteiger partial charge >= 0.3 is 0 Å². The van der Waals surface area contributed by atoms with Gasteiger partial charge in [0.2, 0.25) is 0 Å². The third-order valence-electron chi connectivity index (χ3n) is 5.64. The molecule has 5 heteroatoms. The molecule has 4 rings (SSSR count). The molecule has 0 saturated carbocycles. The number of ether oxygens (including phenoxy) is 1. The smallest absolute Gasteiger partial charge is 0.136 e. The molecule has 1 aliphatic carbocycles. The highest BCUT2D eigenvalue weighted by atomic mass is 32.1. The zero-order valence-corrected chi connectivity index (χ0v) is 16.8. The van der Waals surface area contributed by atoms with Gasteiger partial charge in [-0.2, -0.15) is 5.26 Å². The first-order valence-corrected chi connectivity index (χ1v) is 10.3. The number of hydrogen-bond acceptors (Lipinski definition) is 5. The van der Waals surface area contributed by atoms with E-state index in [0.29, 0.717) is 17.2 Å². The van der Waals surface area contributed by atoms with Crippen molar-refractivity contribution >= 4 is 11.3 Å². The van der Waals surface area contributed by atoms with Crippen LogP contribution in [-0.4, -0.2) is 23.8 Å². The predicted molar refractivity (Wildman–Crippen MR) is 112 cm³/mol. The Bertz CT molecular complexity index is 1060. The van der Waals surface area contributed by atoms with Crippen LogP contribution in [0.1, 0.15) is 41.0 Å². The summed E-state index contributed by atoms with van der Waals surface area (Å²) in [5, 5.41) is 19.6. The van der Waals surface area contributed by atoms with Gasteiger partial charge in [0.05, 0.1) is 17.6 Å². The fourth-order valence-corrected chi connectivity index (χ4v) is 5.13. The van der Waals surface area contributed by atoms with E-state index in [1.165, 1.54) is 22.3 Å². The lowest BCUT2D eigenvalue weighted by Gasteiger charge is -2.12. The Morgan fingerprint density at radius 2 is 2.18 bits per heavy atom. The minimum absolute atomic E-state index is 0.243. The van der Waals surface area contributed by atoms with Gasteiger partial charge in [-0.3, -0.25) is 0 Å². The van der Waals surface area contributed by atoms with Gasteiger partial charge in [0.25, 0.3) is 0 Å². The summed E-state index contributed by atoms with van der Waals surface area (Å²) in [7, 11) is 1.57. The van der Waals surface area contributed by atoms with Gasteiger partial charge in [0, 0.05) is 18.4 Å². The van der Waals surface area contributed by atoms with Crippen molar-refractivity contribution in [3.05, 3.63) is 58.8 Å². The minimum Gasteiger partial charge on any atom is -0.495 e. The lowest BCUT2D eigenvalue weighted by molar-refractivity contribution is 0.275. The van der Waals surface area contributed by atoms with E-state index in [2.05, 4.69) is 30.1 Å². The number of nitriles is 1. The maximum atomic E-state index is 9.33. The molecular formula is C23H22N2O2S. The van der Waals surface area contributed by atoms with Crippen LogP contribution < -0.4 is 4.74 Å². The molecule has 1 atom stereocenters. The number of methoxy groups -OCH3 is 1. The minimum atomic E-state index is 0.243. The molecule has 2 aromatic carbocycles. The average molecular weight is 391 g/mol. The van der Waals surface area contributed by atoms with Crippen LogP contribution in [0.5, 0.6) is 5.75 Å². The first-order chi connectivity index (χ1) is 13.7. The van der Waals surface area contributed by atoms with E-state index < -0.39 is 0 Å². The van der Waals surface area contributed by atoms with Crippen molar-refractivity contribution in [1.29, 1.82) is 5.26 Å². The van der Waals surface area contributed by atoms with E-state index in [0.717, 1.165) is 34.7 Å². The Morgan fingerprint density at radius 1 is 1.32 bits per heavy atom. The van der Waals surface area contributed by atoms with Crippen molar-refractivity contribution < 1.29 is 9.84 Å². The molecule has 0 radical (unpaired) electrons. The maximum absolute atomic E-state index is 9.33. The van der Waals surface area contributed by atoms with E-state index in [4.69, 9.17) is 4.74 Å². The van der Waals surface area contributed by atoms with Crippen molar-refractivity contribution in [3.8, 4) is 32.8 Å². The Balaban J connectivity index is 1.68. The summed E-state index contributed by atoms with van der Waals surface area (Å²) in [6.07, 6.45) is 4.91. The monoisotopic (exact) mass is 390 g/mol. The Morgan fingerprint density at radius 3 is 2.93 bits per heavy atom. The van der Waals surface area contributed by atoms with Gasteiger partial charge in [-0.15, -0.1) is 11.3 Å². The van der Waals surface area contributed by atoms with Crippen LogP contribution in [-0.2, 0) is 6.42 Å². The van der Waals surface area contributed by atoms with Gasteiger partial charge in [-0.1, -0.05) is 12.1 Å². The van der Waals surface area contributed by atoms with E-state index in [-0.39, 0.29) is 6.61 Å². The molecule has 0 bridgehead atoms. The Labute approximate surface area is 169 Å². The number of aromatic nitrogens is 1. The molecule has 0 amide bonds. The molecular weight excluding hydrogens is 368 g/mol. The van der Waals surface area contributed by atoms with Crippen molar-refractivity contribution in [2.45, 2.75) is 32.1 Å². The number of nitrogens with zero attached hydrogens (tertiary/aromatic N) is 2. The molecule has 1 N–H and O–H groups in total. The predicted octanol–water partition coefficient (Wildman–Crippen LogP) is 5.08. The summed E-state index contributed by atoms with van der Waals surface area (Å²) >= 11 is 1.64. The fourth-order valence-electron chi connectivity index (χ4n) is 4.13. The number of thiazole rings is 1. The molecule has 4 nitrogen and oxygen atoms in total. The topological polar surface area (TPSA) is 66.1 Å². The molecule has 142 valence electrons. The second kappa shape index (κ2) is 7.75. The van der Waals surface area contributed by atoms with E-state index in [9.17, 15) is 10.4 Å². The van der Waals surface area contributed by atoms with Crippen molar-refractivity contribution in [1.82, 2.24) is 4.98 Å². The van der Waals surface area contributed by atoms with E-state index in [1.54, 1.807) is 18.4 Å². The number of aliphatic hydroxyl groups is 1. The third-order valence-corrected chi connectivity index (χ3v) is 6.72. The standard InChI is InChI=1S/C23H22N2O2S/c1-14-18-5-3-15(9-10-26)20(18)7-6-19(14)23-25-13-22(28-23)16-4-8-21(27-2)17(11-16)12-24/h4,6-8,11,13,15,26H,3,5,9-10H2,1-2H3. The van der Waals surface area contributed by atoms with Crippen LogP contribution in [0.3, 0.4) is 0 Å². The molecule has 3 aromatic rings. The maximum Gasteiger partial charge on any atom is 0.136 e. The molecule has 0 saturated heterocycles. The summed E-state index contributed by atoms with van der Waals surface area (Å²) in [5.74, 6) is 1.06. The van der Waals surface area contributed by atoms with E-state index >= 15 is 0 Å². The van der Waals surface area contributed by atoms with Gasteiger partial charge in [0.1, 0.15) is 16.8 Å². The molecule has 1 aliphatic rings. The zero-order valence-electron chi connectivity index (χ0n) is 16.0. The van der Waals surface area contributed by atoms with Crippen LogP contribution in [0.4, 0.5) is 0 Å². The second-order valence-corrected chi connectivity index (χ2v) is 8.14. The number of benzene rings is 2. The highest BCUT2D eigenvalue weighted by Gasteiger charge is 2.25. The van der Waals surface area contributed by atoms with Gasteiger partial charge in [-0.25, -0.2) is 4.98 Å².